The highest BCUT2D eigenvalue weighted by Gasteiger charge is 2.31. The summed E-state index contributed by atoms with van der Waals surface area (Å²) in [4.78, 5) is 17.0. The Balaban J connectivity index is 1.87. The molecular weight excluding hydrogens is 316 g/mol. The lowest BCUT2D eigenvalue weighted by molar-refractivity contribution is 0.0270. The Kier molecular flexibility index (Phi) is 4.90. The first-order chi connectivity index (χ1) is 11.9. The lowest BCUT2D eigenvalue weighted by atomic mass is 9.95. The molecule has 0 spiro atoms. The van der Waals surface area contributed by atoms with Gasteiger partial charge in [0.05, 0.1) is 17.8 Å². The zero-order valence-corrected chi connectivity index (χ0v) is 15.4. The lowest BCUT2D eigenvalue weighted by Crippen LogP contribution is -2.51. The molecule has 1 saturated heterocycles. The molecule has 6 nitrogen and oxygen atoms in total. The Bertz CT molecular complexity index is 761. The molecule has 1 aromatic carbocycles. The molecule has 2 aromatic rings. The van der Waals surface area contributed by atoms with Gasteiger partial charge < -0.3 is 10.1 Å². The lowest BCUT2D eigenvalue weighted by Gasteiger charge is -2.33. The highest BCUT2D eigenvalue weighted by atomic mass is 16.5. The SMILES string of the molecule is Cc1nc(C(=O)NC2(C)CCCOC2)nn1-c1ccccc1C(C)C. The molecule has 3 rings (SSSR count). The van der Waals surface area contributed by atoms with E-state index in [4.69, 9.17) is 4.74 Å². The maximum atomic E-state index is 12.6. The summed E-state index contributed by atoms with van der Waals surface area (Å²) in [6.45, 7) is 9.43. The molecule has 1 N–H and O–H groups in total. The van der Waals surface area contributed by atoms with Gasteiger partial charge in [0.1, 0.15) is 5.82 Å². The van der Waals surface area contributed by atoms with Gasteiger partial charge in [0.15, 0.2) is 0 Å². The summed E-state index contributed by atoms with van der Waals surface area (Å²) in [6, 6.07) is 8.08. The van der Waals surface area contributed by atoms with E-state index >= 15 is 0 Å². The van der Waals surface area contributed by atoms with Crippen molar-refractivity contribution in [1.29, 1.82) is 0 Å². The van der Waals surface area contributed by atoms with Crippen LogP contribution in [-0.2, 0) is 4.74 Å². The minimum absolute atomic E-state index is 0.197. The quantitative estimate of drug-likeness (QED) is 0.927. The third-order valence-corrected chi connectivity index (χ3v) is 4.61. The normalized spacial score (nSPS) is 20.7. The minimum atomic E-state index is -0.357. The number of nitrogens with zero attached hydrogens (tertiary/aromatic N) is 3. The van der Waals surface area contributed by atoms with Gasteiger partial charge in [0.2, 0.25) is 5.82 Å². The van der Waals surface area contributed by atoms with E-state index in [0.717, 1.165) is 25.1 Å². The van der Waals surface area contributed by atoms with Crippen molar-refractivity contribution < 1.29 is 9.53 Å². The van der Waals surface area contributed by atoms with Gasteiger partial charge >= 0.3 is 0 Å². The minimum Gasteiger partial charge on any atom is -0.379 e. The van der Waals surface area contributed by atoms with E-state index in [1.54, 1.807) is 4.68 Å². The molecule has 1 amide bonds. The smallest absolute Gasteiger partial charge is 0.291 e. The van der Waals surface area contributed by atoms with Crippen molar-refractivity contribution in [2.45, 2.75) is 52.0 Å². The Labute approximate surface area is 148 Å². The van der Waals surface area contributed by atoms with Crippen LogP contribution in [0.1, 0.15) is 61.5 Å². The van der Waals surface area contributed by atoms with Crippen LogP contribution in [-0.4, -0.2) is 39.4 Å². The zero-order valence-electron chi connectivity index (χ0n) is 15.4. The molecule has 0 saturated carbocycles. The summed E-state index contributed by atoms with van der Waals surface area (Å²) >= 11 is 0. The van der Waals surface area contributed by atoms with Crippen molar-refractivity contribution in [3.63, 3.8) is 0 Å². The van der Waals surface area contributed by atoms with E-state index < -0.39 is 0 Å². The summed E-state index contributed by atoms with van der Waals surface area (Å²) in [6.07, 6.45) is 1.84. The molecule has 1 unspecified atom stereocenters. The first-order valence-corrected chi connectivity index (χ1v) is 8.83. The van der Waals surface area contributed by atoms with Gasteiger partial charge in [-0.1, -0.05) is 32.0 Å². The fourth-order valence-corrected chi connectivity index (χ4v) is 3.25. The second-order valence-corrected chi connectivity index (χ2v) is 7.28. The van der Waals surface area contributed by atoms with Crippen molar-refractivity contribution in [2.75, 3.05) is 13.2 Å². The van der Waals surface area contributed by atoms with Gasteiger partial charge in [-0.25, -0.2) is 9.67 Å². The molecule has 1 aliphatic rings. The largest absolute Gasteiger partial charge is 0.379 e. The van der Waals surface area contributed by atoms with Gasteiger partial charge in [0.25, 0.3) is 5.91 Å². The molecule has 1 aromatic heterocycles. The summed E-state index contributed by atoms with van der Waals surface area (Å²) in [7, 11) is 0. The van der Waals surface area contributed by atoms with E-state index in [9.17, 15) is 4.79 Å². The van der Waals surface area contributed by atoms with Gasteiger partial charge in [-0.2, -0.15) is 0 Å². The van der Waals surface area contributed by atoms with Crippen molar-refractivity contribution >= 4 is 5.91 Å². The van der Waals surface area contributed by atoms with Crippen LogP contribution in [0, 0.1) is 6.92 Å². The van der Waals surface area contributed by atoms with Gasteiger partial charge in [-0.3, -0.25) is 4.79 Å². The fourth-order valence-electron chi connectivity index (χ4n) is 3.25. The van der Waals surface area contributed by atoms with Crippen LogP contribution < -0.4 is 5.32 Å². The number of aromatic nitrogens is 3. The number of carbonyl (C=O) groups is 1. The maximum absolute atomic E-state index is 12.6. The van der Waals surface area contributed by atoms with Crippen molar-refractivity contribution in [2.24, 2.45) is 0 Å². The van der Waals surface area contributed by atoms with Crippen LogP contribution in [0.5, 0.6) is 0 Å². The Morgan fingerprint density at radius 1 is 1.36 bits per heavy atom. The molecule has 0 radical (unpaired) electrons. The van der Waals surface area contributed by atoms with Crippen LogP contribution in [0.15, 0.2) is 24.3 Å². The molecule has 1 fully saturated rings. The van der Waals surface area contributed by atoms with E-state index in [1.807, 2.05) is 32.0 Å². The molecular formula is C19H26N4O2. The molecule has 6 heteroatoms. The summed E-state index contributed by atoms with van der Waals surface area (Å²) in [5.74, 6) is 0.999. The molecule has 1 atom stereocenters. The molecule has 1 aliphatic heterocycles. The summed E-state index contributed by atoms with van der Waals surface area (Å²) < 4.78 is 7.26. The molecule has 0 bridgehead atoms. The first kappa shape index (κ1) is 17.6. The van der Waals surface area contributed by atoms with Gasteiger partial charge in [0, 0.05) is 6.61 Å². The Morgan fingerprint density at radius 3 is 2.80 bits per heavy atom. The third-order valence-electron chi connectivity index (χ3n) is 4.61. The van der Waals surface area contributed by atoms with E-state index in [0.29, 0.717) is 18.3 Å². The summed E-state index contributed by atoms with van der Waals surface area (Å²) in [5.41, 5.74) is 1.79. The standard InChI is InChI=1S/C19H26N4O2/c1-13(2)15-8-5-6-9-16(15)23-14(3)20-17(22-23)18(24)21-19(4)10-7-11-25-12-19/h5-6,8-9,13H,7,10-12H2,1-4H3,(H,21,24). The third kappa shape index (κ3) is 3.74. The number of aryl methyl sites for hydroxylation is 1. The number of ether oxygens (including phenoxy) is 1. The van der Waals surface area contributed by atoms with E-state index in [-0.39, 0.29) is 17.3 Å². The van der Waals surface area contributed by atoms with Crippen molar-refractivity contribution in [3.8, 4) is 5.69 Å². The molecule has 0 aliphatic carbocycles. The predicted octanol–water partition coefficient (Wildman–Crippen LogP) is 3.00. The second kappa shape index (κ2) is 6.96. The number of amides is 1. The van der Waals surface area contributed by atoms with Crippen LogP contribution in [0.3, 0.4) is 0 Å². The zero-order chi connectivity index (χ0) is 18.0. The summed E-state index contributed by atoms with van der Waals surface area (Å²) in [5, 5.41) is 7.51. The average molecular weight is 342 g/mol. The number of hydrogen-bond acceptors (Lipinski definition) is 4. The van der Waals surface area contributed by atoms with Crippen LogP contribution in [0.25, 0.3) is 5.69 Å². The number of nitrogens with one attached hydrogen (secondary N) is 1. The molecule has 25 heavy (non-hydrogen) atoms. The van der Waals surface area contributed by atoms with E-state index in [1.165, 1.54) is 5.56 Å². The van der Waals surface area contributed by atoms with Crippen molar-refractivity contribution in [3.05, 3.63) is 41.5 Å². The number of hydrogen-bond donors (Lipinski definition) is 1. The van der Waals surface area contributed by atoms with Crippen LogP contribution in [0.4, 0.5) is 0 Å². The molecule has 134 valence electrons. The number of benzene rings is 1. The topological polar surface area (TPSA) is 69.0 Å². The fraction of sp³-hybridized carbons (Fsp3) is 0.526. The maximum Gasteiger partial charge on any atom is 0.291 e. The highest BCUT2D eigenvalue weighted by molar-refractivity contribution is 5.91. The molecule has 2 heterocycles. The van der Waals surface area contributed by atoms with E-state index in [2.05, 4.69) is 35.3 Å². The monoisotopic (exact) mass is 342 g/mol. The van der Waals surface area contributed by atoms with Crippen LogP contribution >= 0.6 is 0 Å². The Hall–Kier alpha value is -2.21. The Morgan fingerprint density at radius 2 is 2.12 bits per heavy atom. The number of rotatable bonds is 4. The number of para-hydroxylation sites is 1. The second-order valence-electron chi connectivity index (χ2n) is 7.28. The van der Waals surface area contributed by atoms with Crippen molar-refractivity contribution in [1.82, 2.24) is 20.1 Å². The number of carbonyl (C=O) groups excluding carboxylic acids is 1. The first-order valence-electron chi connectivity index (χ1n) is 8.83. The van der Waals surface area contributed by atoms with Gasteiger partial charge in [-0.15, -0.1) is 5.10 Å². The average Bonchev–Trinajstić information content (AvgIpc) is 2.97. The van der Waals surface area contributed by atoms with Crippen LogP contribution in [0.2, 0.25) is 0 Å². The predicted molar refractivity (Wildman–Crippen MR) is 96.1 cm³/mol. The van der Waals surface area contributed by atoms with Gasteiger partial charge in [-0.05, 0) is 44.2 Å². The highest BCUT2D eigenvalue weighted by Crippen LogP contribution is 2.23.